The highest BCUT2D eigenvalue weighted by Crippen LogP contribution is 2.16. The van der Waals surface area contributed by atoms with E-state index in [4.69, 9.17) is 0 Å². The van der Waals surface area contributed by atoms with Gasteiger partial charge in [-0.05, 0) is 42.1 Å². The predicted molar refractivity (Wildman–Crippen MR) is 83.3 cm³/mol. The molecule has 1 N–H and O–H groups in total. The highest BCUT2D eigenvalue weighted by Gasteiger charge is 2.12. The second-order valence-electron chi connectivity index (χ2n) is 4.84. The van der Waals surface area contributed by atoms with Gasteiger partial charge in [0.2, 0.25) is 0 Å². The van der Waals surface area contributed by atoms with Gasteiger partial charge in [-0.25, -0.2) is 0 Å². The molecule has 0 bridgehead atoms. The number of nitrogens with one attached hydrogen (secondary N) is 1. The van der Waals surface area contributed by atoms with Crippen molar-refractivity contribution in [2.45, 2.75) is 6.42 Å². The van der Waals surface area contributed by atoms with Gasteiger partial charge in [0.1, 0.15) is 0 Å². The lowest BCUT2D eigenvalue weighted by Gasteiger charge is -2.16. The maximum atomic E-state index is 12.4. The summed E-state index contributed by atoms with van der Waals surface area (Å²) in [4.78, 5) is 18.6. The first-order chi connectivity index (χ1) is 9.74. The molecule has 0 unspecified atom stereocenters. The summed E-state index contributed by atoms with van der Waals surface area (Å²) in [6, 6.07) is 11.9. The summed E-state index contributed by atoms with van der Waals surface area (Å²) >= 11 is 1.73. The number of carbonyl (C=O) groups excluding carboxylic acids is 1. The van der Waals surface area contributed by atoms with Crippen LogP contribution in [0.3, 0.4) is 0 Å². The summed E-state index contributed by atoms with van der Waals surface area (Å²) < 4.78 is 0. The summed E-state index contributed by atoms with van der Waals surface area (Å²) in [6.45, 7) is 0.741. The Balaban J connectivity index is 1.70. The maximum absolute atomic E-state index is 12.4. The smallest absolute Gasteiger partial charge is 0.253 e. The van der Waals surface area contributed by atoms with E-state index in [-0.39, 0.29) is 5.91 Å². The van der Waals surface area contributed by atoms with E-state index in [9.17, 15) is 4.79 Å². The molecule has 0 fully saturated rings. The molecule has 2 heterocycles. The third-order valence-electron chi connectivity index (χ3n) is 3.42. The molecule has 0 aliphatic heterocycles. The van der Waals surface area contributed by atoms with E-state index in [1.807, 2.05) is 43.6 Å². The Labute approximate surface area is 121 Å². The monoisotopic (exact) mass is 284 g/mol. The quantitative estimate of drug-likeness (QED) is 0.781. The summed E-state index contributed by atoms with van der Waals surface area (Å²) in [5.74, 6) is 0.0738. The van der Waals surface area contributed by atoms with E-state index in [0.717, 1.165) is 29.4 Å². The summed E-state index contributed by atoms with van der Waals surface area (Å²) in [5, 5.41) is 3.14. The standard InChI is InChI=1S/C16H16N2OS/c1-18(9-7-14-3-2-10-20-14)16(19)13-4-5-15-12(11-13)6-8-17-15/h2-6,8,10-11,17H,7,9H2,1H3. The van der Waals surface area contributed by atoms with Crippen molar-refractivity contribution in [3.8, 4) is 0 Å². The van der Waals surface area contributed by atoms with E-state index in [0.29, 0.717) is 0 Å². The van der Waals surface area contributed by atoms with E-state index < -0.39 is 0 Å². The molecule has 2 aromatic heterocycles. The van der Waals surface area contributed by atoms with E-state index in [2.05, 4.69) is 16.4 Å². The number of rotatable bonds is 4. The van der Waals surface area contributed by atoms with Crippen molar-refractivity contribution in [3.63, 3.8) is 0 Å². The molecule has 0 saturated heterocycles. The van der Waals surface area contributed by atoms with Gasteiger partial charge in [-0.1, -0.05) is 6.07 Å². The lowest BCUT2D eigenvalue weighted by Crippen LogP contribution is -2.28. The fourth-order valence-electron chi connectivity index (χ4n) is 2.24. The number of aromatic nitrogens is 1. The number of aromatic amines is 1. The molecule has 0 aliphatic rings. The van der Waals surface area contributed by atoms with Gasteiger partial charge in [0.25, 0.3) is 5.91 Å². The number of fused-ring (bicyclic) bond motifs is 1. The van der Waals surface area contributed by atoms with Crippen molar-refractivity contribution in [3.05, 3.63) is 58.4 Å². The zero-order chi connectivity index (χ0) is 13.9. The molecular weight excluding hydrogens is 268 g/mol. The zero-order valence-corrected chi connectivity index (χ0v) is 12.1. The van der Waals surface area contributed by atoms with Crippen molar-refractivity contribution in [1.82, 2.24) is 9.88 Å². The Morgan fingerprint density at radius 2 is 2.20 bits per heavy atom. The molecule has 0 atom stereocenters. The van der Waals surface area contributed by atoms with Crippen LogP contribution >= 0.6 is 11.3 Å². The number of hydrogen-bond acceptors (Lipinski definition) is 2. The van der Waals surface area contributed by atoms with Crippen molar-refractivity contribution >= 4 is 28.1 Å². The Kier molecular flexibility index (Phi) is 3.56. The molecule has 0 spiro atoms. The molecule has 4 heteroatoms. The summed E-state index contributed by atoms with van der Waals surface area (Å²) in [6.07, 6.45) is 2.80. The van der Waals surface area contributed by atoms with E-state index >= 15 is 0 Å². The number of likely N-dealkylation sites (N-methyl/N-ethyl adjacent to an activating group) is 1. The number of carbonyl (C=O) groups is 1. The van der Waals surface area contributed by atoms with Gasteiger partial charge < -0.3 is 9.88 Å². The van der Waals surface area contributed by atoms with Crippen LogP contribution < -0.4 is 0 Å². The fraction of sp³-hybridized carbons (Fsp3) is 0.188. The van der Waals surface area contributed by atoms with Crippen molar-refractivity contribution in [2.75, 3.05) is 13.6 Å². The van der Waals surface area contributed by atoms with Gasteiger partial charge in [-0.3, -0.25) is 4.79 Å². The third-order valence-corrected chi connectivity index (χ3v) is 4.36. The van der Waals surface area contributed by atoms with Crippen molar-refractivity contribution in [2.24, 2.45) is 0 Å². The molecular formula is C16H16N2OS. The number of benzene rings is 1. The van der Waals surface area contributed by atoms with Crippen molar-refractivity contribution in [1.29, 1.82) is 0 Å². The summed E-state index contributed by atoms with van der Waals surface area (Å²) in [7, 11) is 1.86. The van der Waals surface area contributed by atoms with Crippen LogP contribution in [0.15, 0.2) is 48.0 Å². The van der Waals surface area contributed by atoms with Crippen LogP contribution in [-0.2, 0) is 6.42 Å². The molecule has 20 heavy (non-hydrogen) atoms. The van der Waals surface area contributed by atoms with Crippen LogP contribution in [0.5, 0.6) is 0 Å². The summed E-state index contributed by atoms with van der Waals surface area (Å²) in [5.41, 5.74) is 1.80. The van der Waals surface area contributed by atoms with Crippen molar-refractivity contribution < 1.29 is 4.79 Å². The number of nitrogens with zero attached hydrogens (tertiary/aromatic N) is 1. The Morgan fingerprint density at radius 1 is 1.30 bits per heavy atom. The molecule has 1 amide bonds. The predicted octanol–water partition coefficient (Wildman–Crippen LogP) is 3.54. The number of H-pyrrole nitrogens is 1. The molecule has 102 valence electrons. The number of hydrogen-bond donors (Lipinski definition) is 1. The van der Waals surface area contributed by atoms with E-state index in [1.165, 1.54) is 4.88 Å². The van der Waals surface area contributed by atoms with Gasteiger partial charge in [0.15, 0.2) is 0 Å². The van der Waals surface area contributed by atoms with Crippen LogP contribution in [0.4, 0.5) is 0 Å². The van der Waals surface area contributed by atoms with Crippen LogP contribution in [0.2, 0.25) is 0 Å². The van der Waals surface area contributed by atoms with Crippen LogP contribution in [0.25, 0.3) is 10.9 Å². The topological polar surface area (TPSA) is 36.1 Å². The third kappa shape index (κ3) is 2.60. The average Bonchev–Trinajstić information content (AvgIpc) is 3.13. The Hall–Kier alpha value is -2.07. The lowest BCUT2D eigenvalue weighted by atomic mass is 10.1. The highest BCUT2D eigenvalue weighted by molar-refractivity contribution is 7.09. The fourth-order valence-corrected chi connectivity index (χ4v) is 2.94. The Morgan fingerprint density at radius 3 is 3.00 bits per heavy atom. The normalized spacial score (nSPS) is 10.8. The minimum Gasteiger partial charge on any atom is -0.361 e. The molecule has 3 aromatic rings. The molecule has 3 nitrogen and oxygen atoms in total. The molecule has 0 radical (unpaired) electrons. The first-order valence-corrected chi connectivity index (χ1v) is 7.47. The SMILES string of the molecule is CN(CCc1cccs1)C(=O)c1ccc2[nH]ccc2c1. The number of amides is 1. The molecule has 0 aliphatic carbocycles. The van der Waals surface area contributed by atoms with Crippen LogP contribution in [0.1, 0.15) is 15.2 Å². The van der Waals surface area contributed by atoms with Gasteiger partial charge >= 0.3 is 0 Å². The van der Waals surface area contributed by atoms with Gasteiger partial charge in [0.05, 0.1) is 0 Å². The first kappa shape index (κ1) is 12.9. The second kappa shape index (κ2) is 5.51. The van der Waals surface area contributed by atoms with Gasteiger partial charge in [-0.15, -0.1) is 11.3 Å². The second-order valence-corrected chi connectivity index (χ2v) is 5.87. The lowest BCUT2D eigenvalue weighted by molar-refractivity contribution is 0.0797. The average molecular weight is 284 g/mol. The maximum Gasteiger partial charge on any atom is 0.253 e. The highest BCUT2D eigenvalue weighted by atomic mass is 32.1. The van der Waals surface area contributed by atoms with Gasteiger partial charge in [-0.2, -0.15) is 0 Å². The van der Waals surface area contributed by atoms with E-state index in [1.54, 1.807) is 16.2 Å². The Bertz CT molecular complexity index is 715. The first-order valence-electron chi connectivity index (χ1n) is 6.59. The minimum absolute atomic E-state index is 0.0738. The molecule has 3 rings (SSSR count). The number of thiophene rings is 1. The minimum atomic E-state index is 0.0738. The molecule has 0 saturated carbocycles. The zero-order valence-electron chi connectivity index (χ0n) is 11.3. The van der Waals surface area contributed by atoms with Crippen LogP contribution in [-0.4, -0.2) is 29.4 Å². The largest absolute Gasteiger partial charge is 0.361 e. The van der Waals surface area contributed by atoms with Crippen LogP contribution in [0, 0.1) is 0 Å². The molecule has 1 aromatic carbocycles. The van der Waals surface area contributed by atoms with Gasteiger partial charge in [0, 0.05) is 41.1 Å².